The van der Waals surface area contributed by atoms with E-state index < -0.39 is 0 Å². The Morgan fingerprint density at radius 2 is 2.11 bits per heavy atom. The summed E-state index contributed by atoms with van der Waals surface area (Å²) in [6, 6.07) is 6.34. The second-order valence-electron chi connectivity index (χ2n) is 5.52. The fraction of sp³-hybridized carbons (Fsp3) is 0.500. The van der Waals surface area contributed by atoms with Crippen molar-refractivity contribution in [3.8, 4) is 5.75 Å². The summed E-state index contributed by atoms with van der Waals surface area (Å²) in [5.74, 6) is -0.0898. The first kappa shape index (κ1) is 14.5. The van der Waals surface area contributed by atoms with Crippen LogP contribution in [-0.2, 0) is 0 Å². The van der Waals surface area contributed by atoms with Gasteiger partial charge in [0.2, 0.25) is 0 Å². The number of phenolic OH excluding ortho intramolecular Hbond substituents is 1. The molecule has 4 heteroatoms. The highest BCUT2D eigenvalue weighted by Gasteiger charge is 2.25. The van der Waals surface area contributed by atoms with Crippen molar-refractivity contribution in [2.75, 3.05) is 6.54 Å². The van der Waals surface area contributed by atoms with Gasteiger partial charge < -0.3 is 16.2 Å². The molecule has 1 unspecified atom stereocenters. The molecule has 4 N–H and O–H groups in total. The predicted octanol–water partition coefficient (Wildman–Crippen LogP) is 1.89. The summed E-state index contributed by atoms with van der Waals surface area (Å²) < 4.78 is 0. The molecule has 4 nitrogen and oxygen atoms in total. The van der Waals surface area contributed by atoms with Gasteiger partial charge in [-0.15, -0.1) is 0 Å². The van der Waals surface area contributed by atoms with E-state index in [1.807, 2.05) is 0 Å². The average molecular weight is 250 g/mol. The lowest BCUT2D eigenvalue weighted by molar-refractivity contribution is 0.0898. The molecule has 0 saturated carbocycles. The number of nitrogens with two attached hydrogens (primary N) is 1. The number of phenols is 1. The molecule has 1 rings (SSSR count). The van der Waals surface area contributed by atoms with Crippen LogP contribution in [0.4, 0.5) is 0 Å². The topological polar surface area (TPSA) is 75.3 Å². The fourth-order valence-electron chi connectivity index (χ4n) is 1.78. The van der Waals surface area contributed by atoms with E-state index in [1.165, 1.54) is 12.1 Å². The number of hydrogen-bond donors (Lipinski definition) is 3. The summed E-state index contributed by atoms with van der Waals surface area (Å²) >= 11 is 0. The van der Waals surface area contributed by atoms with Crippen LogP contribution in [0.5, 0.6) is 5.75 Å². The van der Waals surface area contributed by atoms with Crippen LogP contribution < -0.4 is 11.1 Å². The molecule has 0 bridgehead atoms. The number of benzene rings is 1. The van der Waals surface area contributed by atoms with E-state index >= 15 is 0 Å². The molecule has 1 aromatic rings. The minimum absolute atomic E-state index is 0.0114. The van der Waals surface area contributed by atoms with Crippen LogP contribution >= 0.6 is 0 Å². The van der Waals surface area contributed by atoms with Crippen molar-refractivity contribution >= 4 is 5.91 Å². The van der Waals surface area contributed by atoms with Gasteiger partial charge in [-0.3, -0.25) is 4.79 Å². The van der Waals surface area contributed by atoms with E-state index in [0.29, 0.717) is 12.1 Å². The van der Waals surface area contributed by atoms with Crippen molar-refractivity contribution in [1.82, 2.24) is 5.32 Å². The Kier molecular flexibility index (Phi) is 4.73. The zero-order valence-corrected chi connectivity index (χ0v) is 11.2. The second-order valence-corrected chi connectivity index (χ2v) is 5.52. The van der Waals surface area contributed by atoms with Gasteiger partial charge in [0, 0.05) is 11.6 Å². The Bertz CT molecular complexity index is 411. The third-order valence-corrected chi connectivity index (χ3v) is 2.91. The summed E-state index contributed by atoms with van der Waals surface area (Å²) in [5.41, 5.74) is 5.98. The monoisotopic (exact) mass is 250 g/mol. The standard InChI is InChI=1S/C14H22N2O2/c1-14(2,3)12(7-8-15)16-13(18)10-5-4-6-11(17)9-10/h4-6,9,12,17H,7-8,15H2,1-3H3,(H,16,18). The Balaban J connectivity index is 2.79. The molecule has 18 heavy (non-hydrogen) atoms. The lowest BCUT2D eigenvalue weighted by Gasteiger charge is -2.31. The third-order valence-electron chi connectivity index (χ3n) is 2.91. The quantitative estimate of drug-likeness (QED) is 0.763. The fourth-order valence-corrected chi connectivity index (χ4v) is 1.78. The highest BCUT2D eigenvalue weighted by Crippen LogP contribution is 2.22. The Morgan fingerprint density at radius 3 is 2.61 bits per heavy atom. The van der Waals surface area contributed by atoms with Crippen LogP contribution in [0.3, 0.4) is 0 Å². The van der Waals surface area contributed by atoms with Crippen LogP contribution in [0.25, 0.3) is 0 Å². The molecule has 0 aliphatic carbocycles. The zero-order valence-electron chi connectivity index (χ0n) is 11.2. The normalized spacial score (nSPS) is 13.1. The largest absolute Gasteiger partial charge is 0.508 e. The van der Waals surface area contributed by atoms with Crippen molar-refractivity contribution in [2.24, 2.45) is 11.1 Å². The van der Waals surface area contributed by atoms with Crippen molar-refractivity contribution in [3.63, 3.8) is 0 Å². The van der Waals surface area contributed by atoms with Gasteiger partial charge in [-0.25, -0.2) is 0 Å². The summed E-state index contributed by atoms with van der Waals surface area (Å²) in [6.07, 6.45) is 0.730. The number of nitrogens with one attached hydrogen (secondary N) is 1. The lowest BCUT2D eigenvalue weighted by atomic mass is 9.84. The van der Waals surface area contributed by atoms with Gasteiger partial charge in [-0.05, 0) is 36.6 Å². The Hall–Kier alpha value is -1.55. The number of carbonyl (C=O) groups excluding carboxylic acids is 1. The minimum Gasteiger partial charge on any atom is -0.508 e. The molecule has 1 atom stereocenters. The van der Waals surface area contributed by atoms with Gasteiger partial charge >= 0.3 is 0 Å². The number of aromatic hydroxyl groups is 1. The molecule has 0 radical (unpaired) electrons. The van der Waals surface area contributed by atoms with Crippen LogP contribution in [-0.4, -0.2) is 23.6 Å². The van der Waals surface area contributed by atoms with Gasteiger partial charge in [0.15, 0.2) is 0 Å². The average Bonchev–Trinajstić information content (AvgIpc) is 2.27. The van der Waals surface area contributed by atoms with E-state index in [9.17, 15) is 9.90 Å². The van der Waals surface area contributed by atoms with E-state index in [4.69, 9.17) is 5.73 Å². The van der Waals surface area contributed by atoms with Gasteiger partial charge in [0.25, 0.3) is 5.91 Å². The number of carbonyl (C=O) groups is 1. The molecule has 0 fully saturated rings. The highest BCUT2D eigenvalue weighted by atomic mass is 16.3. The first-order chi connectivity index (χ1) is 8.34. The summed E-state index contributed by atoms with van der Waals surface area (Å²) in [4.78, 5) is 12.1. The first-order valence-corrected chi connectivity index (χ1v) is 6.14. The van der Waals surface area contributed by atoms with Crippen molar-refractivity contribution in [3.05, 3.63) is 29.8 Å². The summed E-state index contributed by atoms with van der Waals surface area (Å²) in [5, 5.41) is 12.3. The summed E-state index contributed by atoms with van der Waals surface area (Å²) in [6.45, 7) is 6.73. The molecule has 100 valence electrons. The molecule has 0 aliphatic heterocycles. The third kappa shape index (κ3) is 4.04. The van der Waals surface area contributed by atoms with E-state index in [0.717, 1.165) is 6.42 Å². The maximum atomic E-state index is 12.1. The molecular formula is C14H22N2O2. The molecule has 0 aromatic heterocycles. The van der Waals surface area contributed by atoms with Crippen LogP contribution in [0.15, 0.2) is 24.3 Å². The molecular weight excluding hydrogens is 228 g/mol. The zero-order chi connectivity index (χ0) is 13.8. The molecule has 1 amide bonds. The Morgan fingerprint density at radius 1 is 1.44 bits per heavy atom. The first-order valence-electron chi connectivity index (χ1n) is 6.14. The van der Waals surface area contributed by atoms with Crippen molar-refractivity contribution < 1.29 is 9.90 Å². The van der Waals surface area contributed by atoms with Gasteiger partial charge in [0.1, 0.15) is 5.75 Å². The SMILES string of the molecule is CC(C)(C)C(CCN)NC(=O)c1cccc(O)c1. The van der Waals surface area contributed by atoms with Gasteiger partial charge in [0.05, 0.1) is 0 Å². The van der Waals surface area contributed by atoms with Crippen LogP contribution in [0.1, 0.15) is 37.6 Å². The molecule has 0 aliphatic rings. The minimum atomic E-state index is -0.181. The van der Waals surface area contributed by atoms with E-state index in [2.05, 4.69) is 26.1 Å². The number of amides is 1. The van der Waals surface area contributed by atoms with Gasteiger partial charge in [-0.1, -0.05) is 26.8 Å². The maximum absolute atomic E-state index is 12.1. The number of hydrogen-bond acceptors (Lipinski definition) is 3. The lowest BCUT2D eigenvalue weighted by Crippen LogP contribution is -2.44. The van der Waals surface area contributed by atoms with Crippen molar-refractivity contribution in [2.45, 2.75) is 33.2 Å². The molecule has 0 saturated heterocycles. The van der Waals surface area contributed by atoms with E-state index in [1.54, 1.807) is 12.1 Å². The molecule has 0 heterocycles. The van der Waals surface area contributed by atoms with Crippen LogP contribution in [0.2, 0.25) is 0 Å². The molecule has 1 aromatic carbocycles. The second kappa shape index (κ2) is 5.87. The van der Waals surface area contributed by atoms with Crippen LogP contribution in [0, 0.1) is 5.41 Å². The maximum Gasteiger partial charge on any atom is 0.251 e. The predicted molar refractivity (Wildman–Crippen MR) is 72.5 cm³/mol. The van der Waals surface area contributed by atoms with Gasteiger partial charge in [-0.2, -0.15) is 0 Å². The smallest absolute Gasteiger partial charge is 0.251 e. The number of rotatable bonds is 4. The Labute approximate surface area is 108 Å². The van der Waals surface area contributed by atoms with E-state index in [-0.39, 0.29) is 23.1 Å². The highest BCUT2D eigenvalue weighted by molar-refractivity contribution is 5.94. The molecule has 0 spiro atoms. The van der Waals surface area contributed by atoms with Crippen molar-refractivity contribution in [1.29, 1.82) is 0 Å². The summed E-state index contributed by atoms with van der Waals surface area (Å²) in [7, 11) is 0.